The fraction of sp³-hybridized carbons (Fsp3) is 0.0588. The van der Waals surface area contributed by atoms with E-state index in [0.29, 0.717) is 5.02 Å². The third-order valence-electron chi connectivity index (χ3n) is 3.37. The standard InChI is InChI=1S/C17H12ClIO/c18-12-8-9-16(19)15(10-12)17(20)14-7-3-5-11-4-1-2-6-13(11)14/h1-10,17,20H. The monoisotopic (exact) mass is 394 g/mol. The van der Waals surface area contributed by atoms with Gasteiger partial charge in [-0.05, 0) is 62.7 Å². The minimum absolute atomic E-state index is 0.639. The van der Waals surface area contributed by atoms with Crippen LogP contribution in [-0.2, 0) is 0 Å². The van der Waals surface area contributed by atoms with Gasteiger partial charge in [0.05, 0.1) is 0 Å². The summed E-state index contributed by atoms with van der Waals surface area (Å²) in [5.74, 6) is 0. The Morgan fingerprint density at radius 3 is 2.50 bits per heavy atom. The molecule has 0 aliphatic heterocycles. The van der Waals surface area contributed by atoms with Crippen molar-refractivity contribution in [2.75, 3.05) is 0 Å². The highest BCUT2D eigenvalue weighted by Crippen LogP contribution is 2.32. The van der Waals surface area contributed by atoms with Crippen LogP contribution >= 0.6 is 34.2 Å². The van der Waals surface area contributed by atoms with Gasteiger partial charge in [-0.25, -0.2) is 0 Å². The van der Waals surface area contributed by atoms with Crippen molar-refractivity contribution in [3.05, 3.63) is 80.4 Å². The summed E-state index contributed by atoms with van der Waals surface area (Å²) in [6, 6.07) is 19.6. The van der Waals surface area contributed by atoms with E-state index < -0.39 is 6.10 Å². The van der Waals surface area contributed by atoms with E-state index >= 15 is 0 Å². The molecule has 3 heteroatoms. The molecule has 1 N–H and O–H groups in total. The number of benzene rings is 3. The normalized spacial score (nSPS) is 12.6. The largest absolute Gasteiger partial charge is 0.384 e. The first-order valence-corrected chi connectivity index (χ1v) is 7.73. The second kappa shape index (κ2) is 5.72. The highest BCUT2D eigenvalue weighted by Gasteiger charge is 2.16. The molecule has 20 heavy (non-hydrogen) atoms. The highest BCUT2D eigenvalue weighted by molar-refractivity contribution is 14.1. The molecule has 0 heterocycles. The molecule has 1 atom stereocenters. The molecule has 3 aromatic carbocycles. The number of hydrogen-bond acceptors (Lipinski definition) is 1. The molecule has 0 saturated heterocycles. The van der Waals surface area contributed by atoms with Gasteiger partial charge in [0, 0.05) is 8.59 Å². The summed E-state index contributed by atoms with van der Waals surface area (Å²) in [6.07, 6.45) is -0.674. The summed E-state index contributed by atoms with van der Waals surface area (Å²) in [6.45, 7) is 0. The van der Waals surface area contributed by atoms with Crippen molar-refractivity contribution in [2.24, 2.45) is 0 Å². The number of halogens is 2. The van der Waals surface area contributed by atoms with Crippen molar-refractivity contribution in [1.29, 1.82) is 0 Å². The van der Waals surface area contributed by atoms with Crippen molar-refractivity contribution < 1.29 is 5.11 Å². The Hall–Kier alpha value is -1.10. The number of aliphatic hydroxyl groups excluding tert-OH is 1. The Morgan fingerprint density at radius 2 is 1.65 bits per heavy atom. The fourth-order valence-electron chi connectivity index (χ4n) is 2.38. The Morgan fingerprint density at radius 1 is 0.900 bits per heavy atom. The fourth-order valence-corrected chi connectivity index (χ4v) is 3.19. The third-order valence-corrected chi connectivity index (χ3v) is 4.59. The van der Waals surface area contributed by atoms with Crippen molar-refractivity contribution in [1.82, 2.24) is 0 Å². The van der Waals surface area contributed by atoms with Gasteiger partial charge >= 0.3 is 0 Å². The average Bonchev–Trinajstić information content (AvgIpc) is 2.48. The molecule has 3 rings (SSSR count). The van der Waals surface area contributed by atoms with Crippen molar-refractivity contribution in [2.45, 2.75) is 6.10 Å². The summed E-state index contributed by atoms with van der Waals surface area (Å²) in [5, 5.41) is 13.6. The Balaban J connectivity index is 2.17. The molecule has 1 nitrogen and oxygen atoms in total. The number of aliphatic hydroxyl groups is 1. The average molecular weight is 395 g/mol. The predicted octanol–water partition coefficient (Wildman–Crippen LogP) is 5.18. The van der Waals surface area contributed by atoms with E-state index in [1.165, 1.54) is 0 Å². The molecule has 0 fully saturated rings. The smallest absolute Gasteiger partial charge is 0.106 e. The lowest BCUT2D eigenvalue weighted by Crippen LogP contribution is -2.02. The minimum atomic E-state index is -0.674. The van der Waals surface area contributed by atoms with Gasteiger partial charge in [0.1, 0.15) is 6.10 Å². The molecule has 100 valence electrons. The van der Waals surface area contributed by atoms with E-state index in [1.807, 2.05) is 48.5 Å². The number of rotatable bonds is 2. The minimum Gasteiger partial charge on any atom is -0.384 e. The molecule has 0 bridgehead atoms. The summed E-state index contributed by atoms with van der Waals surface area (Å²) in [7, 11) is 0. The first-order valence-electron chi connectivity index (χ1n) is 6.27. The van der Waals surface area contributed by atoms with Crippen LogP contribution in [0.4, 0.5) is 0 Å². The molecular weight excluding hydrogens is 383 g/mol. The van der Waals surface area contributed by atoms with Crippen LogP contribution in [0.1, 0.15) is 17.2 Å². The SMILES string of the molecule is OC(c1cc(Cl)ccc1I)c1cccc2ccccc12. The highest BCUT2D eigenvalue weighted by atomic mass is 127. The summed E-state index contributed by atoms with van der Waals surface area (Å²) in [4.78, 5) is 0. The lowest BCUT2D eigenvalue weighted by molar-refractivity contribution is 0.221. The maximum atomic E-state index is 10.7. The van der Waals surface area contributed by atoms with Gasteiger partial charge in [-0.2, -0.15) is 0 Å². The quantitative estimate of drug-likeness (QED) is 0.594. The number of hydrogen-bond donors (Lipinski definition) is 1. The van der Waals surface area contributed by atoms with Crippen LogP contribution in [0.5, 0.6) is 0 Å². The van der Waals surface area contributed by atoms with E-state index in [9.17, 15) is 5.11 Å². The Bertz CT molecular complexity index is 765. The van der Waals surface area contributed by atoms with Gasteiger partial charge in [0.2, 0.25) is 0 Å². The van der Waals surface area contributed by atoms with Crippen LogP contribution in [0.15, 0.2) is 60.7 Å². The van der Waals surface area contributed by atoms with Gasteiger partial charge in [-0.15, -0.1) is 0 Å². The zero-order chi connectivity index (χ0) is 14.1. The second-order valence-corrected chi connectivity index (χ2v) is 6.24. The molecule has 0 saturated carbocycles. The lowest BCUT2D eigenvalue weighted by Gasteiger charge is -2.16. The molecule has 0 aliphatic rings. The van der Waals surface area contributed by atoms with Gasteiger partial charge in [0.25, 0.3) is 0 Å². The van der Waals surface area contributed by atoms with Crippen LogP contribution in [0.2, 0.25) is 5.02 Å². The van der Waals surface area contributed by atoms with Crippen LogP contribution in [0, 0.1) is 3.57 Å². The second-order valence-electron chi connectivity index (χ2n) is 4.64. The van der Waals surface area contributed by atoms with E-state index in [-0.39, 0.29) is 0 Å². The Kier molecular flexibility index (Phi) is 3.96. The molecule has 1 unspecified atom stereocenters. The van der Waals surface area contributed by atoms with E-state index in [1.54, 1.807) is 0 Å². The third kappa shape index (κ3) is 2.55. The van der Waals surface area contributed by atoms with Crippen LogP contribution < -0.4 is 0 Å². The maximum absolute atomic E-state index is 10.7. The first-order chi connectivity index (χ1) is 9.66. The van der Waals surface area contributed by atoms with Crippen LogP contribution in [0.25, 0.3) is 10.8 Å². The lowest BCUT2D eigenvalue weighted by atomic mass is 9.96. The summed E-state index contributed by atoms with van der Waals surface area (Å²) in [5.41, 5.74) is 1.75. The van der Waals surface area contributed by atoms with E-state index in [2.05, 4.69) is 34.7 Å². The van der Waals surface area contributed by atoms with E-state index in [0.717, 1.165) is 25.5 Å². The van der Waals surface area contributed by atoms with Gasteiger partial charge in [-0.3, -0.25) is 0 Å². The molecule has 0 spiro atoms. The Labute approximate surface area is 136 Å². The van der Waals surface area contributed by atoms with Gasteiger partial charge < -0.3 is 5.11 Å². The van der Waals surface area contributed by atoms with Crippen molar-refractivity contribution in [3.63, 3.8) is 0 Å². The molecule has 3 aromatic rings. The molecule has 0 radical (unpaired) electrons. The molecule has 0 aliphatic carbocycles. The maximum Gasteiger partial charge on any atom is 0.106 e. The first kappa shape index (κ1) is 13.9. The van der Waals surface area contributed by atoms with Gasteiger partial charge in [0.15, 0.2) is 0 Å². The van der Waals surface area contributed by atoms with Crippen LogP contribution in [0.3, 0.4) is 0 Å². The van der Waals surface area contributed by atoms with Gasteiger partial charge in [-0.1, -0.05) is 54.1 Å². The number of fused-ring (bicyclic) bond motifs is 1. The predicted molar refractivity (Wildman–Crippen MR) is 92.2 cm³/mol. The topological polar surface area (TPSA) is 20.2 Å². The zero-order valence-electron chi connectivity index (χ0n) is 10.6. The van der Waals surface area contributed by atoms with Crippen molar-refractivity contribution in [3.8, 4) is 0 Å². The van der Waals surface area contributed by atoms with E-state index in [4.69, 9.17) is 11.6 Å². The van der Waals surface area contributed by atoms with Crippen LogP contribution in [-0.4, -0.2) is 5.11 Å². The zero-order valence-corrected chi connectivity index (χ0v) is 13.5. The molecule has 0 amide bonds. The molecule has 0 aromatic heterocycles. The summed E-state index contributed by atoms with van der Waals surface area (Å²) >= 11 is 8.28. The van der Waals surface area contributed by atoms with Crippen molar-refractivity contribution >= 4 is 45.0 Å². The molecular formula is C17H12ClIO. The summed E-state index contributed by atoms with van der Waals surface area (Å²) < 4.78 is 1.01.